The second-order valence-corrected chi connectivity index (χ2v) is 17.6. The van der Waals surface area contributed by atoms with Crippen LogP contribution in [0.3, 0.4) is 0 Å². The summed E-state index contributed by atoms with van der Waals surface area (Å²) in [6.07, 6.45) is 1.61. The Hall–Kier alpha value is -3.94. The summed E-state index contributed by atoms with van der Waals surface area (Å²) >= 11 is 0. The molecule has 2 heterocycles. The molecule has 9 nitrogen and oxygen atoms in total. The Morgan fingerprint density at radius 3 is 2.56 bits per heavy atom. The maximum Gasteiger partial charge on any atom is 0.290 e. The molecule has 10 heteroatoms. The van der Waals surface area contributed by atoms with Crippen LogP contribution in [0.15, 0.2) is 35.3 Å². The SMILES string of the molecule is Cc1cccc2c1CN(C(=O)c1nc(C#N)c(N=CN(C)C)n1-c1c(C)ccc(OCOCC[Si](C)(C)C)c1C)C2. The van der Waals surface area contributed by atoms with E-state index in [0.29, 0.717) is 37.0 Å². The van der Waals surface area contributed by atoms with Gasteiger partial charge in [-0.25, -0.2) is 9.98 Å². The van der Waals surface area contributed by atoms with Crippen LogP contribution in [-0.2, 0) is 17.8 Å². The van der Waals surface area contributed by atoms with Crippen molar-refractivity contribution in [1.82, 2.24) is 19.4 Å². The van der Waals surface area contributed by atoms with E-state index in [-0.39, 0.29) is 24.2 Å². The first kappa shape index (κ1) is 30.0. The number of hydrogen-bond acceptors (Lipinski definition) is 6. The molecule has 0 saturated carbocycles. The van der Waals surface area contributed by atoms with Gasteiger partial charge in [-0.1, -0.05) is 43.9 Å². The Labute approximate surface area is 244 Å². The van der Waals surface area contributed by atoms with Gasteiger partial charge in [0.25, 0.3) is 5.91 Å². The second kappa shape index (κ2) is 12.3. The molecular formula is C31H40N6O3Si. The standard InChI is InChI=1S/C31H40N6O3Si/c1-21-10-9-11-24-17-36(18-25(21)24)31(38)30-34-26(16-32)29(33-19-35(4)5)37(30)28-22(2)12-13-27(23(28)3)40-20-39-14-15-41(6,7)8/h9-13,19H,14-15,17-18,20H2,1-8H3. The molecule has 0 unspecified atom stereocenters. The van der Waals surface area contributed by atoms with Crippen molar-refractivity contribution in [3.63, 3.8) is 0 Å². The summed E-state index contributed by atoms with van der Waals surface area (Å²) in [5, 5.41) is 10.0. The van der Waals surface area contributed by atoms with Crippen molar-refractivity contribution in [2.75, 3.05) is 27.5 Å². The quantitative estimate of drug-likeness (QED) is 0.101. The van der Waals surface area contributed by atoms with Gasteiger partial charge in [-0.2, -0.15) is 5.26 Å². The highest BCUT2D eigenvalue weighted by molar-refractivity contribution is 6.76. The van der Waals surface area contributed by atoms with Crippen LogP contribution in [0.1, 0.15) is 44.1 Å². The van der Waals surface area contributed by atoms with Gasteiger partial charge in [0.15, 0.2) is 18.3 Å². The molecule has 41 heavy (non-hydrogen) atoms. The predicted molar refractivity (Wildman–Crippen MR) is 164 cm³/mol. The summed E-state index contributed by atoms with van der Waals surface area (Å²) in [5.74, 6) is 0.819. The fourth-order valence-corrected chi connectivity index (χ4v) is 5.62. The van der Waals surface area contributed by atoms with E-state index in [9.17, 15) is 10.1 Å². The van der Waals surface area contributed by atoms with E-state index in [1.807, 2.05) is 46.1 Å². The zero-order chi connectivity index (χ0) is 29.9. The van der Waals surface area contributed by atoms with Crippen molar-refractivity contribution in [3.05, 3.63) is 69.7 Å². The molecule has 0 aliphatic carbocycles. The summed E-state index contributed by atoms with van der Waals surface area (Å²) in [4.78, 5) is 26.8. The zero-order valence-electron chi connectivity index (χ0n) is 25.4. The van der Waals surface area contributed by atoms with Crippen LogP contribution in [0.4, 0.5) is 5.82 Å². The van der Waals surface area contributed by atoms with Crippen molar-refractivity contribution in [1.29, 1.82) is 5.26 Å². The van der Waals surface area contributed by atoms with E-state index < -0.39 is 8.07 Å². The van der Waals surface area contributed by atoms with Gasteiger partial charge in [0, 0.05) is 47.4 Å². The lowest BCUT2D eigenvalue weighted by molar-refractivity contribution is 0.0216. The minimum atomic E-state index is -1.20. The molecule has 0 bridgehead atoms. The number of amides is 1. The largest absolute Gasteiger partial charge is 0.467 e. The van der Waals surface area contributed by atoms with E-state index in [2.05, 4.69) is 54.7 Å². The Kier molecular flexibility index (Phi) is 9.00. The first-order valence-electron chi connectivity index (χ1n) is 13.8. The summed E-state index contributed by atoms with van der Waals surface area (Å²) in [6.45, 7) is 14.6. The summed E-state index contributed by atoms with van der Waals surface area (Å²) in [5.41, 5.74) is 5.92. The number of aromatic nitrogens is 2. The topological polar surface area (TPSA) is 96.0 Å². The first-order valence-corrected chi connectivity index (χ1v) is 17.5. The minimum Gasteiger partial charge on any atom is -0.467 e. The Morgan fingerprint density at radius 1 is 1.15 bits per heavy atom. The fraction of sp³-hybridized carbons (Fsp3) is 0.419. The number of fused-ring (bicyclic) bond motifs is 1. The van der Waals surface area contributed by atoms with Gasteiger partial charge in [-0.3, -0.25) is 9.36 Å². The van der Waals surface area contributed by atoms with Crippen LogP contribution in [0.25, 0.3) is 5.69 Å². The summed E-state index contributed by atoms with van der Waals surface area (Å²) in [7, 11) is 2.49. The molecule has 0 saturated heterocycles. The number of benzene rings is 2. The van der Waals surface area contributed by atoms with Crippen LogP contribution < -0.4 is 4.74 Å². The number of rotatable bonds is 10. The number of aryl methyl sites for hydroxylation is 2. The number of nitrogens with zero attached hydrogens (tertiary/aromatic N) is 6. The van der Waals surface area contributed by atoms with Gasteiger partial charge < -0.3 is 19.3 Å². The summed E-state index contributed by atoms with van der Waals surface area (Å²) < 4.78 is 13.5. The van der Waals surface area contributed by atoms with Crippen molar-refractivity contribution in [2.45, 2.75) is 59.5 Å². The normalized spacial score (nSPS) is 13.0. The van der Waals surface area contributed by atoms with Gasteiger partial charge in [-0.15, -0.1) is 0 Å². The third-order valence-corrected chi connectivity index (χ3v) is 8.87. The molecule has 3 aromatic rings. The number of ether oxygens (including phenoxy) is 2. The van der Waals surface area contributed by atoms with E-state index >= 15 is 0 Å². The zero-order valence-corrected chi connectivity index (χ0v) is 26.4. The average Bonchev–Trinajstić information content (AvgIpc) is 3.50. The maximum atomic E-state index is 14.1. The lowest BCUT2D eigenvalue weighted by Crippen LogP contribution is -2.28. The summed E-state index contributed by atoms with van der Waals surface area (Å²) in [6, 6.07) is 13.2. The molecule has 216 valence electrons. The number of hydrogen-bond donors (Lipinski definition) is 0. The number of carbonyl (C=O) groups excluding carboxylic acids is 1. The molecule has 1 aliphatic rings. The number of aliphatic imine (C=N–C) groups is 1. The molecule has 1 aliphatic heterocycles. The van der Waals surface area contributed by atoms with Gasteiger partial charge >= 0.3 is 0 Å². The fourth-order valence-electron chi connectivity index (χ4n) is 4.87. The molecule has 0 fully saturated rings. The Morgan fingerprint density at radius 2 is 1.90 bits per heavy atom. The van der Waals surface area contributed by atoms with Gasteiger partial charge in [0.2, 0.25) is 5.82 Å². The van der Waals surface area contributed by atoms with E-state index in [1.165, 1.54) is 0 Å². The monoisotopic (exact) mass is 572 g/mol. The van der Waals surface area contributed by atoms with Gasteiger partial charge in [0.1, 0.15) is 11.8 Å². The highest BCUT2D eigenvalue weighted by Gasteiger charge is 2.32. The van der Waals surface area contributed by atoms with Crippen molar-refractivity contribution in [2.24, 2.45) is 4.99 Å². The van der Waals surface area contributed by atoms with Crippen LogP contribution in [0, 0.1) is 32.1 Å². The Balaban J connectivity index is 1.76. The van der Waals surface area contributed by atoms with Crippen molar-refractivity contribution >= 4 is 26.1 Å². The highest BCUT2D eigenvalue weighted by atomic mass is 28.3. The molecule has 1 amide bonds. The van der Waals surface area contributed by atoms with Crippen LogP contribution in [0.5, 0.6) is 5.75 Å². The third-order valence-electron chi connectivity index (χ3n) is 7.17. The minimum absolute atomic E-state index is 0.0825. The average molecular weight is 573 g/mol. The van der Waals surface area contributed by atoms with Crippen molar-refractivity contribution < 1.29 is 14.3 Å². The predicted octanol–water partition coefficient (Wildman–Crippen LogP) is 5.74. The van der Waals surface area contributed by atoms with Crippen LogP contribution >= 0.6 is 0 Å². The molecule has 0 atom stereocenters. The van der Waals surface area contributed by atoms with Crippen LogP contribution in [-0.4, -0.2) is 67.2 Å². The lowest BCUT2D eigenvalue weighted by atomic mass is 10.1. The number of imidazole rings is 1. The molecule has 2 aromatic carbocycles. The van der Waals surface area contributed by atoms with Gasteiger partial charge in [-0.05, 0) is 55.1 Å². The molecular weight excluding hydrogens is 532 g/mol. The van der Waals surface area contributed by atoms with E-state index in [4.69, 9.17) is 9.47 Å². The lowest BCUT2D eigenvalue weighted by Gasteiger charge is -2.21. The van der Waals surface area contributed by atoms with E-state index in [1.54, 1.807) is 20.7 Å². The van der Waals surface area contributed by atoms with Crippen molar-refractivity contribution in [3.8, 4) is 17.5 Å². The van der Waals surface area contributed by atoms with Gasteiger partial charge in [0.05, 0.1) is 12.0 Å². The molecule has 1 aromatic heterocycles. The molecule has 0 N–H and O–H groups in total. The second-order valence-electron chi connectivity index (χ2n) is 12.0. The Bertz CT molecular complexity index is 1510. The smallest absolute Gasteiger partial charge is 0.290 e. The number of nitriles is 1. The first-order chi connectivity index (χ1) is 19.4. The molecule has 0 spiro atoms. The maximum absolute atomic E-state index is 14.1. The van der Waals surface area contributed by atoms with E-state index in [0.717, 1.165) is 33.9 Å². The molecule has 0 radical (unpaired) electrons. The highest BCUT2D eigenvalue weighted by Crippen LogP contribution is 2.35. The number of carbonyl (C=O) groups is 1. The third kappa shape index (κ3) is 6.69. The van der Waals surface area contributed by atoms with Crippen LogP contribution in [0.2, 0.25) is 25.7 Å². The molecule has 4 rings (SSSR count).